The fourth-order valence-electron chi connectivity index (χ4n) is 2.25. The van der Waals surface area contributed by atoms with Gasteiger partial charge in [0.2, 0.25) is 0 Å². The predicted molar refractivity (Wildman–Crippen MR) is 82.5 cm³/mol. The molecule has 1 aromatic carbocycles. The average Bonchev–Trinajstić information content (AvgIpc) is 2.82. The number of hydrogen-bond acceptors (Lipinski definition) is 3. The third-order valence-corrected chi connectivity index (χ3v) is 3.44. The van der Waals surface area contributed by atoms with Crippen LogP contribution in [0.3, 0.4) is 0 Å². The quantitative estimate of drug-likeness (QED) is 0.774. The summed E-state index contributed by atoms with van der Waals surface area (Å²) in [6.45, 7) is 2.05. The molecule has 0 saturated carbocycles. The molecule has 0 radical (unpaired) electrons. The molecule has 0 aliphatic rings. The number of nitrogens with zero attached hydrogens (tertiary/aromatic N) is 2. The lowest BCUT2D eigenvalue weighted by Gasteiger charge is -2.06. The van der Waals surface area contributed by atoms with Crippen molar-refractivity contribution in [3.63, 3.8) is 0 Å². The number of hydrogen-bond donors (Lipinski definition) is 2. The second-order valence-electron chi connectivity index (χ2n) is 4.76. The van der Waals surface area contributed by atoms with E-state index in [0.29, 0.717) is 17.5 Å². The second-order valence-corrected chi connectivity index (χ2v) is 4.76. The van der Waals surface area contributed by atoms with Gasteiger partial charge in [0, 0.05) is 17.8 Å². The first-order chi connectivity index (χ1) is 9.20. The number of halogens is 1. The zero-order chi connectivity index (χ0) is 13.4. The minimum atomic E-state index is -0.0723. The molecular weight excluding hydrogens is 276 g/mol. The highest BCUT2D eigenvalue weighted by Crippen LogP contribution is 2.13. The van der Waals surface area contributed by atoms with Crippen LogP contribution in [0.15, 0.2) is 35.3 Å². The van der Waals surface area contributed by atoms with Crippen LogP contribution in [-0.4, -0.2) is 20.6 Å². The molecule has 0 saturated heterocycles. The number of aromatic nitrogens is 3. The van der Waals surface area contributed by atoms with E-state index in [0.717, 1.165) is 17.5 Å². The van der Waals surface area contributed by atoms with Gasteiger partial charge in [0.15, 0.2) is 5.65 Å². The van der Waals surface area contributed by atoms with Crippen LogP contribution in [-0.2, 0) is 6.42 Å². The van der Waals surface area contributed by atoms with Gasteiger partial charge < -0.3 is 5.73 Å². The van der Waals surface area contributed by atoms with E-state index in [1.165, 1.54) is 4.52 Å². The molecule has 0 spiro atoms. The lowest BCUT2D eigenvalue weighted by Crippen LogP contribution is -2.21. The number of H-pyrrole nitrogens is 1. The summed E-state index contributed by atoms with van der Waals surface area (Å²) in [4.78, 5) is 16.9. The molecule has 3 aromatic rings. The number of aromatic amines is 1. The Morgan fingerprint density at radius 2 is 2.15 bits per heavy atom. The maximum absolute atomic E-state index is 12.3. The number of nitrogens with two attached hydrogens (primary N) is 1. The molecule has 5 nitrogen and oxygen atoms in total. The Labute approximate surface area is 122 Å². The molecule has 106 valence electrons. The van der Waals surface area contributed by atoms with Gasteiger partial charge in [-0.1, -0.05) is 19.1 Å². The first-order valence-corrected chi connectivity index (χ1v) is 6.44. The third kappa shape index (κ3) is 2.30. The van der Waals surface area contributed by atoms with Crippen molar-refractivity contribution in [1.29, 1.82) is 0 Å². The lowest BCUT2D eigenvalue weighted by molar-refractivity contribution is 0.648. The number of rotatable bonds is 3. The highest BCUT2D eigenvalue weighted by Gasteiger charge is 2.12. The van der Waals surface area contributed by atoms with Crippen LogP contribution in [0.2, 0.25) is 0 Å². The number of benzene rings is 1. The molecule has 2 aromatic heterocycles. The fourth-order valence-corrected chi connectivity index (χ4v) is 2.25. The first-order valence-electron chi connectivity index (χ1n) is 6.44. The van der Waals surface area contributed by atoms with E-state index in [4.69, 9.17) is 5.73 Å². The van der Waals surface area contributed by atoms with E-state index in [1.807, 2.05) is 24.4 Å². The maximum Gasteiger partial charge on any atom is 0.280 e. The standard InChI is InChI=1S/C14H16N4O.ClH/c1-2-10(15)7-9-8-16-18-13(9)17-12-6-4-3-5-11(12)14(18)19;/h3-6,8,10,16H,2,7,15H2,1H3;1H. The van der Waals surface area contributed by atoms with Gasteiger partial charge in [0.05, 0.1) is 10.9 Å². The largest absolute Gasteiger partial charge is 0.327 e. The Morgan fingerprint density at radius 3 is 2.90 bits per heavy atom. The van der Waals surface area contributed by atoms with Crippen LogP contribution in [0.4, 0.5) is 0 Å². The van der Waals surface area contributed by atoms with E-state index in [1.54, 1.807) is 6.07 Å². The monoisotopic (exact) mass is 292 g/mol. The summed E-state index contributed by atoms with van der Waals surface area (Å²) in [6, 6.07) is 7.45. The van der Waals surface area contributed by atoms with Crippen molar-refractivity contribution in [3.05, 3.63) is 46.4 Å². The van der Waals surface area contributed by atoms with Crippen molar-refractivity contribution in [1.82, 2.24) is 14.6 Å². The molecule has 0 bridgehead atoms. The molecule has 0 amide bonds. The summed E-state index contributed by atoms with van der Waals surface area (Å²) in [6.07, 6.45) is 3.43. The Bertz CT molecular complexity index is 793. The van der Waals surface area contributed by atoms with Crippen molar-refractivity contribution < 1.29 is 0 Å². The van der Waals surface area contributed by atoms with Crippen LogP contribution in [0.25, 0.3) is 16.6 Å². The molecule has 0 aliphatic carbocycles. The van der Waals surface area contributed by atoms with Crippen molar-refractivity contribution in [2.24, 2.45) is 5.73 Å². The first kappa shape index (κ1) is 14.6. The van der Waals surface area contributed by atoms with E-state index in [2.05, 4.69) is 17.0 Å². The zero-order valence-corrected chi connectivity index (χ0v) is 12.0. The summed E-state index contributed by atoms with van der Waals surface area (Å²) in [5, 5.41) is 3.58. The molecule has 6 heteroatoms. The molecule has 0 aliphatic heterocycles. The molecule has 1 atom stereocenters. The SMILES string of the molecule is CCC(N)Cc1c[nH]n2c(=O)c3ccccc3nc12.Cl. The Kier molecular flexibility index (Phi) is 4.11. The molecule has 1 unspecified atom stereocenters. The highest BCUT2D eigenvalue weighted by atomic mass is 35.5. The minimum absolute atomic E-state index is 0. The molecule has 3 rings (SSSR count). The number of para-hydroxylation sites is 1. The Balaban J connectivity index is 0.00000147. The topological polar surface area (TPSA) is 76.2 Å². The van der Waals surface area contributed by atoms with Crippen molar-refractivity contribution >= 4 is 29.0 Å². The predicted octanol–water partition coefficient (Wildman–Crippen LogP) is 1.88. The molecule has 2 heterocycles. The van der Waals surface area contributed by atoms with Gasteiger partial charge in [-0.2, -0.15) is 0 Å². The van der Waals surface area contributed by atoms with E-state index < -0.39 is 0 Å². The zero-order valence-electron chi connectivity index (χ0n) is 11.2. The Morgan fingerprint density at radius 1 is 1.40 bits per heavy atom. The van der Waals surface area contributed by atoms with Gasteiger partial charge in [-0.25, -0.2) is 9.50 Å². The van der Waals surface area contributed by atoms with E-state index >= 15 is 0 Å². The van der Waals surface area contributed by atoms with Gasteiger partial charge >= 0.3 is 0 Å². The molecular formula is C14H17ClN4O. The van der Waals surface area contributed by atoms with E-state index in [-0.39, 0.29) is 24.0 Å². The molecule has 20 heavy (non-hydrogen) atoms. The highest BCUT2D eigenvalue weighted by molar-refractivity contribution is 5.85. The summed E-state index contributed by atoms with van der Waals surface area (Å²) in [5.41, 5.74) is 8.28. The average molecular weight is 293 g/mol. The number of nitrogens with one attached hydrogen (secondary N) is 1. The smallest absolute Gasteiger partial charge is 0.280 e. The van der Waals surface area contributed by atoms with Gasteiger partial charge in [-0.15, -0.1) is 12.4 Å². The third-order valence-electron chi connectivity index (χ3n) is 3.44. The van der Waals surface area contributed by atoms with E-state index in [9.17, 15) is 4.79 Å². The van der Waals surface area contributed by atoms with Crippen LogP contribution in [0.1, 0.15) is 18.9 Å². The van der Waals surface area contributed by atoms with Crippen LogP contribution >= 0.6 is 12.4 Å². The van der Waals surface area contributed by atoms with Gasteiger partial charge in [-0.05, 0) is 25.0 Å². The van der Waals surface area contributed by atoms with Gasteiger partial charge in [-0.3, -0.25) is 9.89 Å². The fraction of sp³-hybridized carbons (Fsp3) is 0.286. The minimum Gasteiger partial charge on any atom is -0.327 e. The molecule has 0 fully saturated rings. The van der Waals surface area contributed by atoms with Crippen LogP contribution < -0.4 is 11.3 Å². The van der Waals surface area contributed by atoms with Crippen LogP contribution in [0, 0.1) is 0 Å². The summed E-state index contributed by atoms with van der Waals surface area (Å²) in [5.74, 6) is 0. The van der Waals surface area contributed by atoms with Crippen molar-refractivity contribution in [2.75, 3.05) is 0 Å². The maximum atomic E-state index is 12.3. The molecule has 3 N–H and O–H groups in total. The summed E-state index contributed by atoms with van der Waals surface area (Å²) < 4.78 is 1.49. The van der Waals surface area contributed by atoms with Crippen molar-refractivity contribution in [2.45, 2.75) is 25.8 Å². The van der Waals surface area contributed by atoms with Gasteiger partial charge in [0.25, 0.3) is 5.56 Å². The van der Waals surface area contributed by atoms with Gasteiger partial charge in [0.1, 0.15) is 0 Å². The lowest BCUT2D eigenvalue weighted by atomic mass is 10.1. The normalized spacial score (nSPS) is 12.5. The summed E-state index contributed by atoms with van der Waals surface area (Å²) >= 11 is 0. The second kappa shape index (κ2) is 5.64. The van der Waals surface area contributed by atoms with Crippen molar-refractivity contribution in [3.8, 4) is 0 Å². The Hall–Kier alpha value is -1.85. The van der Waals surface area contributed by atoms with Crippen LogP contribution in [0.5, 0.6) is 0 Å². The number of fused-ring (bicyclic) bond motifs is 2. The summed E-state index contributed by atoms with van der Waals surface area (Å²) in [7, 11) is 0.